The molecule has 146 valence electrons. The maximum absolute atomic E-state index is 10.4. The highest BCUT2D eigenvalue weighted by Crippen LogP contribution is 2.31. The monoisotopic (exact) mass is 485 g/mol. The van der Waals surface area contributed by atoms with E-state index in [0.717, 1.165) is 6.07 Å². The quantitative estimate of drug-likeness (QED) is 0.134. The van der Waals surface area contributed by atoms with Gasteiger partial charge in [-0.3, -0.25) is 10.1 Å². The number of nitro groups is 1. The minimum absolute atomic E-state index is 0.0936. The summed E-state index contributed by atoms with van der Waals surface area (Å²) in [6, 6.07) is 4.19. The first kappa shape index (κ1) is 24.4. The van der Waals surface area contributed by atoms with Crippen molar-refractivity contribution in [2.24, 2.45) is 0 Å². The zero-order valence-corrected chi connectivity index (χ0v) is 15.8. The molecule has 1 rings (SSSR count). The smallest absolute Gasteiger partial charge is 0.313 e. The summed E-state index contributed by atoms with van der Waals surface area (Å²) >= 11 is 1.73. The van der Waals surface area contributed by atoms with Crippen molar-refractivity contribution in [2.45, 2.75) is 24.4 Å². The molecule has 0 radical (unpaired) electrons. The second kappa shape index (κ2) is 11.9. The van der Waals surface area contributed by atoms with Gasteiger partial charge in [0.15, 0.2) is 0 Å². The number of likely N-dealkylation sites (N-methyl/N-ethyl adjacent to an activating group) is 1. The van der Waals surface area contributed by atoms with Gasteiger partial charge in [-0.1, -0.05) is 0 Å². The summed E-state index contributed by atoms with van der Waals surface area (Å²) in [7, 11) is 1.57. The highest BCUT2D eigenvalue weighted by molar-refractivity contribution is 14.1. The third-order valence-electron chi connectivity index (χ3n) is 3.11. The zero-order valence-electron chi connectivity index (χ0n) is 13.7. The molecule has 1 aromatic carbocycles. The number of nitrogens with one attached hydrogen (secondary N) is 1. The van der Waals surface area contributed by atoms with Gasteiger partial charge in [-0.25, -0.2) is 0 Å². The SMILES string of the molecule is CNC[C@H](O)[C@@H](O)[C@H](O)[C@H](O)CO.N#Cc1cc(I)c(O)c([N+](=O)[O-])c1. The normalized spacial score (nSPS) is 15.0. The van der Waals surface area contributed by atoms with Crippen molar-refractivity contribution in [1.82, 2.24) is 5.32 Å². The van der Waals surface area contributed by atoms with E-state index in [0.29, 0.717) is 3.57 Å². The van der Waals surface area contributed by atoms with E-state index in [2.05, 4.69) is 5.32 Å². The van der Waals surface area contributed by atoms with E-state index in [-0.39, 0.29) is 12.1 Å². The maximum Gasteiger partial charge on any atom is 0.313 e. The van der Waals surface area contributed by atoms with Gasteiger partial charge in [-0.2, -0.15) is 5.26 Å². The van der Waals surface area contributed by atoms with Gasteiger partial charge in [-0.15, -0.1) is 0 Å². The molecule has 0 amide bonds. The van der Waals surface area contributed by atoms with Crippen molar-refractivity contribution in [3.8, 4) is 11.8 Å². The number of aliphatic hydroxyl groups is 5. The molecular weight excluding hydrogens is 465 g/mol. The van der Waals surface area contributed by atoms with Crippen LogP contribution in [0.2, 0.25) is 0 Å². The Balaban J connectivity index is 0.000000481. The van der Waals surface area contributed by atoms with Crippen LogP contribution < -0.4 is 5.32 Å². The van der Waals surface area contributed by atoms with Gasteiger partial charge < -0.3 is 36.0 Å². The fourth-order valence-electron chi connectivity index (χ4n) is 1.68. The van der Waals surface area contributed by atoms with Gasteiger partial charge in [0.05, 0.1) is 32.8 Å². The molecule has 0 unspecified atom stereocenters. The first-order valence-electron chi connectivity index (χ1n) is 7.15. The van der Waals surface area contributed by atoms with Crippen LogP contribution in [0.5, 0.6) is 5.75 Å². The van der Waals surface area contributed by atoms with Gasteiger partial charge in [-0.05, 0) is 35.7 Å². The summed E-state index contributed by atoms with van der Waals surface area (Å²) in [5.74, 6) is -0.399. The Hall–Kier alpha value is -1.60. The van der Waals surface area contributed by atoms with Gasteiger partial charge in [0.2, 0.25) is 5.75 Å². The number of hydrogen-bond donors (Lipinski definition) is 7. The Kier molecular flexibility index (Phi) is 11.2. The predicted molar refractivity (Wildman–Crippen MR) is 97.2 cm³/mol. The second-order valence-corrected chi connectivity index (χ2v) is 6.21. The number of aliphatic hydroxyl groups excluding tert-OH is 5. The summed E-state index contributed by atoms with van der Waals surface area (Å²) in [4.78, 5) is 9.65. The van der Waals surface area contributed by atoms with Crippen LogP contribution in [0, 0.1) is 25.0 Å². The third kappa shape index (κ3) is 7.33. The fraction of sp³-hybridized carbons (Fsp3) is 0.500. The van der Waals surface area contributed by atoms with Crippen molar-refractivity contribution < 1.29 is 35.6 Å². The molecule has 26 heavy (non-hydrogen) atoms. The summed E-state index contributed by atoms with van der Waals surface area (Å²) < 4.78 is 0.295. The average Bonchev–Trinajstić information content (AvgIpc) is 2.62. The highest BCUT2D eigenvalue weighted by Gasteiger charge is 2.29. The molecule has 0 aromatic heterocycles. The van der Waals surface area contributed by atoms with Crippen molar-refractivity contribution in [3.05, 3.63) is 31.4 Å². The van der Waals surface area contributed by atoms with E-state index < -0.39 is 47.4 Å². The number of phenolic OH excluding ortho intramolecular Hbond substituents is 1. The lowest BCUT2D eigenvalue weighted by Gasteiger charge is -2.25. The van der Waals surface area contributed by atoms with Gasteiger partial charge >= 0.3 is 5.69 Å². The molecule has 0 spiro atoms. The molecule has 7 N–H and O–H groups in total. The van der Waals surface area contributed by atoms with E-state index in [4.69, 9.17) is 25.7 Å². The van der Waals surface area contributed by atoms with Crippen LogP contribution in [-0.4, -0.2) is 80.2 Å². The van der Waals surface area contributed by atoms with Crippen LogP contribution in [-0.2, 0) is 0 Å². The lowest BCUT2D eigenvalue weighted by Crippen LogP contribution is -2.48. The number of nitro benzene ring substituents is 1. The molecule has 12 heteroatoms. The maximum atomic E-state index is 10.4. The number of phenols is 1. The molecule has 0 bridgehead atoms. The van der Waals surface area contributed by atoms with Crippen LogP contribution in [0.1, 0.15) is 5.56 Å². The van der Waals surface area contributed by atoms with Crippen molar-refractivity contribution >= 4 is 28.3 Å². The minimum Gasteiger partial charge on any atom is -0.501 e. The number of hydrogen-bond acceptors (Lipinski definition) is 10. The van der Waals surface area contributed by atoms with E-state index in [9.17, 15) is 20.3 Å². The number of rotatable bonds is 7. The molecule has 0 aliphatic heterocycles. The molecule has 0 fully saturated rings. The molecule has 0 aliphatic carbocycles. The van der Waals surface area contributed by atoms with Gasteiger partial charge in [0, 0.05) is 12.6 Å². The van der Waals surface area contributed by atoms with Crippen LogP contribution in [0.4, 0.5) is 5.69 Å². The molecule has 0 heterocycles. The van der Waals surface area contributed by atoms with E-state index >= 15 is 0 Å². The van der Waals surface area contributed by atoms with E-state index in [1.165, 1.54) is 6.07 Å². The van der Waals surface area contributed by atoms with Gasteiger partial charge in [0.25, 0.3) is 0 Å². The lowest BCUT2D eigenvalue weighted by molar-refractivity contribution is -0.386. The summed E-state index contributed by atoms with van der Waals surface area (Å²) in [6.45, 7) is -0.569. The van der Waals surface area contributed by atoms with Crippen LogP contribution >= 0.6 is 22.6 Å². The van der Waals surface area contributed by atoms with E-state index in [1.54, 1.807) is 35.7 Å². The molecule has 0 aliphatic rings. The van der Waals surface area contributed by atoms with Crippen molar-refractivity contribution in [1.29, 1.82) is 5.26 Å². The number of halogens is 1. The zero-order chi connectivity index (χ0) is 20.4. The van der Waals surface area contributed by atoms with Crippen molar-refractivity contribution in [2.75, 3.05) is 20.2 Å². The minimum atomic E-state index is -1.55. The largest absolute Gasteiger partial charge is 0.501 e. The Morgan fingerprint density at radius 3 is 2.23 bits per heavy atom. The first-order chi connectivity index (χ1) is 12.1. The molecule has 11 nitrogen and oxygen atoms in total. The predicted octanol–water partition coefficient (Wildman–Crippen LogP) is -1.58. The molecule has 1 aromatic rings. The van der Waals surface area contributed by atoms with Crippen LogP contribution in [0.3, 0.4) is 0 Å². The van der Waals surface area contributed by atoms with E-state index in [1.807, 2.05) is 0 Å². The molecule has 0 saturated carbocycles. The highest BCUT2D eigenvalue weighted by atomic mass is 127. The fourth-order valence-corrected chi connectivity index (χ4v) is 2.29. The number of aromatic hydroxyl groups is 1. The number of nitriles is 1. The number of benzene rings is 1. The van der Waals surface area contributed by atoms with Crippen LogP contribution in [0.25, 0.3) is 0 Å². The Morgan fingerprint density at radius 2 is 1.81 bits per heavy atom. The van der Waals surface area contributed by atoms with Crippen molar-refractivity contribution in [3.63, 3.8) is 0 Å². The lowest BCUT2D eigenvalue weighted by atomic mass is 10.0. The topological polar surface area (TPSA) is 200 Å². The van der Waals surface area contributed by atoms with Gasteiger partial charge in [0.1, 0.15) is 18.3 Å². The standard InChI is InChI=1S/C7H3IN2O3.C7H17NO5/c8-5-1-4(3-9)2-6(7(5)11)10(12)13;1-8-2-4(10)6(12)7(13)5(11)3-9/h1-2,11H;4-13H,2-3H2,1H3/t;4-,5+,6+,7+/m.0/s1. The average molecular weight is 485 g/mol. The Morgan fingerprint density at radius 1 is 1.27 bits per heavy atom. The van der Waals surface area contributed by atoms with Crippen LogP contribution in [0.15, 0.2) is 12.1 Å². The first-order valence-corrected chi connectivity index (χ1v) is 8.23. The number of nitrogens with zero attached hydrogens (tertiary/aromatic N) is 2. The Bertz CT molecular complexity index is 639. The summed E-state index contributed by atoms with van der Waals surface area (Å²) in [5.41, 5.74) is -0.280. The Labute approximate surface area is 162 Å². The molecule has 0 saturated heterocycles. The molecule has 4 atom stereocenters. The third-order valence-corrected chi connectivity index (χ3v) is 3.93. The summed E-state index contributed by atoms with van der Waals surface area (Å²) in [5, 5.41) is 75.6. The summed E-state index contributed by atoms with van der Waals surface area (Å²) in [6.07, 6.45) is -5.65. The second-order valence-electron chi connectivity index (χ2n) is 5.05. The molecular formula is C14H20IN3O8.